The predicted molar refractivity (Wildman–Crippen MR) is 122 cm³/mol. The van der Waals surface area contributed by atoms with Crippen LogP contribution in [0.4, 0.5) is 18.9 Å². The minimum absolute atomic E-state index is 0.0320. The van der Waals surface area contributed by atoms with Gasteiger partial charge in [0.2, 0.25) is 11.5 Å². The number of alkyl halides is 3. The van der Waals surface area contributed by atoms with Crippen molar-refractivity contribution in [2.75, 3.05) is 5.32 Å². The fourth-order valence-corrected chi connectivity index (χ4v) is 3.69. The first-order chi connectivity index (χ1) is 16.8. The lowest BCUT2D eigenvalue weighted by Gasteiger charge is -2.11. The van der Waals surface area contributed by atoms with E-state index in [9.17, 15) is 18.0 Å². The molecule has 0 saturated carbocycles. The Labute approximate surface area is 200 Å². The second-order valence-electron chi connectivity index (χ2n) is 7.59. The van der Waals surface area contributed by atoms with E-state index in [1.165, 1.54) is 30.8 Å². The number of hydrogen-bond donors (Lipinski definition) is 1. The predicted octanol–water partition coefficient (Wildman–Crippen LogP) is 4.88. The number of nitrogens with zero attached hydrogens (tertiary/aromatic N) is 5. The van der Waals surface area contributed by atoms with E-state index >= 15 is 0 Å². The average molecular weight is 501 g/mol. The van der Waals surface area contributed by atoms with Crippen LogP contribution in [0, 0.1) is 0 Å². The van der Waals surface area contributed by atoms with Crippen molar-refractivity contribution in [2.24, 2.45) is 0 Å². The Kier molecular flexibility index (Phi) is 5.77. The van der Waals surface area contributed by atoms with Crippen molar-refractivity contribution in [3.05, 3.63) is 99.7 Å². The molecule has 3 aromatic heterocycles. The number of anilines is 1. The maximum absolute atomic E-state index is 13.0. The van der Waals surface area contributed by atoms with Crippen LogP contribution < -0.4 is 11.0 Å². The lowest BCUT2D eigenvalue weighted by Crippen LogP contribution is -2.23. The fourth-order valence-electron chi connectivity index (χ4n) is 3.56. The topological polar surface area (TPSA) is 90.2 Å². The molecule has 12 heteroatoms. The molecular formula is C23H16ClF3N6O2. The van der Waals surface area contributed by atoms with Crippen molar-refractivity contribution in [1.82, 2.24) is 24.4 Å². The Hall–Kier alpha value is -4.12. The summed E-state index contributed by atoms with van der Waals surface area (Å²) in [5.74, 6) is 0.425. The van der Waals surface area contributed by atoms with Gasteiger partial charge in [-0.15, -0.1) is 5.10 Å². The fraction of sp³-hybridized carbons (Fsp3) is 0.130. The van der Waals surface area contributed by atoms with E-state index in [1.807, 2.05) is 12.1 Å². The van der Waals surface area contributed by atoms with E-state index in [4.69, 9.17) is 16.0 Å². The molecule has 0 radical (unpaired) electrons. The van der Waals surface area contributed by atoms with Crippen LogP contribution in [0.5, 0.6) is 0 Å². The number of halogens is 4. The van der Waals surface area contributed by atoms with Gasteiger partial charge in [0.15, 0.2) is 0 Å². The monoisotopic (exact) mass is 500 g/mol. The third kappa shape index (κ3) is 4.62. The first kappa shape index (κ1) is 22.7. The molecule has 3 heterocycles. The molecular weight excluding hydrogens is 485 g/mol. The van der Waals surface area contributed by atoms with E-state index in [0.717, 1.165) is 26.9 Å². The molecule has 5 aromatic rings. The van der Waals surface area contributed by atoms with Crippen molar-refractivity contribution < 1.29 is 17.6 Å². The summed E-state index contributed by atoms with van der Waals surface area (Å²) in [6, 6.07) is 11.6. The van der Waals surface area contributed by atoms with Crippen LogP contribution >= 0.6 is 11.6 Å². The highest BCUT2D eigenvalue weighted by atomic mass is 35.5. The molecule has 1 N–H and O–H groups in total. The average Bonchev–Trinajstić information content (AvgIpc) is 3.46. The van der Waals surface area contributed by atoms with Crippen LogP contribution in [0.25, 0.3) is 16.8 Å². The summed E-state index contributed by atoms with van der Waals surface area (Å²) >= 11 is 6.02. The van der Waals surface area contributed by atoms with Gasteiger partial charge in [-0.05, 0) is 35.4 Å². The number of hydrogen-bond acceptors (Lipinski definition) is 6. The lowest BCUT2D eigenvalue weighted by molar-refractivity contribution is -0.137. The highest BCUT2D eigenvalue weighted by Crippen LogP contribution is 2.31. The van der Waals surface area contributed by atoms with Crippen LogP contribution in [-0.4, -0.2) is 24.4 Å². The molecule has 8 nitrogen and oxygen atoms in total. The Morgan fingerprint density at radius 2 is 1.80 bits per heavy atom. The molecule has 0 unspecified atom stereocenters. The standard InChI is InChI=1S/C23H16ClF3N6O2/c24-17-7-3-15(4-8-17)18-11-30-33-21(20(18)29-12-19-28-9-10-35-19)31-32(22(33)34)13-14-1-5-16(6-2-14)23(25,26)27/h1-11,29H,12-13H2. The summed E-state index contributed by atoms with van der Waals surface area (Å²) in [5.41, 5.74) is 1.36. The van der Waals surface area contributed by atoms with Crippen LogP contribution in [0.15, 0.2) is 76.4 Å². The van der Waals surface area contributed by atoms with Crippen LogP contribution in [0.3, 0.4) is 0 Å². The number of oxazole rings is 1. The Bertz CT molecular complexity index is 1530. The molecule has 0 aliphatic carbocycles. The van der Waals surface area contributed by atoms with Gasteiger partial charge in [0.1, 0.15) is 6.26 Å². The number of aromatic nitrogens is 5. The van der Waals surface area contributed by atoms with Crippen LogP contribution in [0.1, 0.15) is 17.0 Å². The number of fused-ring (bicyclic) bond motifs is 1. The van der Waals surface area contributed by atoms with Gasteiger partial charge < -0.3 is 9.73 Å². The van der Waals surface area contributed by atoms with E-state index in [0.29, 0.717) is 27.7 Å². The quantitative estimate of drug-likeness (QED) is 0.357. The minimum atomic E-state index is -4.44. The zero-order chi connectivity index (χ0) is 24.6. The van der Waals surface area contributed by atoms with Crippen molar-refractivity contribution in [3.63, 3.8) is 0 Å². The number of nitrogens with one attached hydrogen (secondary N) is 1. The molecule has 0 amide bonds. The third-order valence-corrected chi connectivity index (χ3v) is 5.53. The highest BCUT2D eigenvalue weighted by Gasteiger charge is 2.30. The van der Waals surface area contributed by atoms with Gasteiger partial charge in [-0.25, -0.2) is 14.5 Å². The van der Waals surface area contributed by atoms with E-state index in [1.54, 1.807) is 12.1 Å². The highest BCUT2D eigenvalue weighted by molar-refractivity contribution is 6.30. The normalized spacial score (nSPS) is 11.8. The second-order valence-corrected chi connectivity index (χ2v) is 8.03. The van der Waals surface area contributed by atoms with Crippen molar-refractivity contribution in [2.45, 2.75) is 19.3 Å². The maximum atomic E-state index is 13.0. The van der Waals surface area contributed by atoms with Gasteiger partial charge in [0.05, 0.1) is 36.7 Å². The molecule has 0 aliphatic rings. The summed E-state index contributed by atoms with van der Waals surface area (Å²) in [5, 5.41) is 12.5. The van der Waals surface area contributed by atoms with Gasteiger partial charge in [-0.2, -0.15) is 22.8 Å². The van der Waals surface area contributed by atoms with Crippen molar-refractivity contribution in [1.29, 1.82) is 0 Å². The molecule has 178 valence electrons. The maximum Gasteiger partial charge on any atom is 0.416 e. The van der Waals surface area contributed by atoms with E-state index in [-0.39, 0.29) is 18.7 Å². The molecule has 2 aromatic carbocycles. The molecule has 35 heavy (non-hydrogen) atoms. The largest absolute Gasteiger partial charge is 0.447 e. The van der Waals surface area contributed by atoms with Gasteiger partial charge in [0.25, 0.3) is 0 Å². The Balaban J connectivity index is 1.56. The second kappa shape index (κ2) is 8.91. The smallest absolute Gasteiger partial charge is 0.416 e. The molecule has 0 spiro atoms. The lowest BCUT2D eigenvalue weighted by atomic mass is 10.1. The van der Waals surface area contributed by atoms with Crippen LogP contribution in [-0.2, 0) is 19.3 Å². The summed E-state index contributed by atoms with van der Waals surface area (Å²) in [7, 11) is 0. The summed E-state index contributed by atoms with van der Waals surface area (Å²) in [6.45, 7) is 0.184. The summed E-state index contributed by atoms with van der Waals surface area (Å²) in [6.07, 6.45) is 0.0502. The number of benzene rings is 2. The minimum Gasteiger partial charge on any atom is -0.447 e. The molecule has 0 bridgehead atoms. The van der Waals surface area contributed by atoms with Gasteiger partial charge >= 0.3 is 11.9 Å². The number of rotatable bonds is 6. The third-order valence-electron chi connectivity index (χ3n) is 5.28. The van der Waals surface area contributed by atoms with Gasteiger partial charge in [-0.3, -0.25) is 0 Å². The summed E-state index contributed by atoms with van der Waals surface area (Å²) < 4.78 is 46.2. The van der Waals surface area contributed by atoms with E-state index in [2.05, 4.69) is 20.5 Å². The SMILES string of the molecule is O=c1n(Cc2ccc(C(F)(F)F)cc2)nc2c(NCc3ncco3)c(-c3ccc(Cl)cc3)cnn12. The van der Waals surface area contributed by atoms with Gasteiger partial charge in [0, 0.05) is 10.6 Å². The van der Waals surface area contributed by atoms with E-state index < -0.39 is 17.4 Å². The zero-order valence-corrected chi connectivity index (χ0v) is 18.6. The van der Waals surface area contributed by atoms with Gasteiger partial charge in [-0.1, -0.05) is 35.9 Å². The molecule has 0 aliphatic heterocycles. The Morgan fingerprint density at radius 3 is 2.46 bits per heavy atom. The first-order valence-corrected chi connectivity index (χ1v) is 10.7. The molecule has 0 atom stereocenters. The zero-order valence-electron chi connectivity index (χ0n) is 17.8. The van der Waals surface area contributed by atoms with Crippen molar-refractivity contribution >= 4 is 22.9 Å². The molecule has 5 rings (SSSR count). The van der Waals surface area contributed by atoms with Crippen LogP contribution in [0.2, 0.25) is 5.02 Å². The molecule has 0 saturated heterocycles. The molecule has 0 fully saturated rings. The first-order valence-electron chi connectivity index (χ1n) is 10.3. The Morgan fingerprint density at radius 1 is 1.06 bits per heavy atom. The van der Waals surface area contributed by atoms with Crippen molar-refractivity contribution in [3.8, 4) is 11.1 Å². The summed E-state index contributed by atoms with van der Waals surface area (Å²) in [4.78, 5) is 17.1.